The van der Waals surface area contributed by atoms with Crippen molar-refractivity contribution in [2.75, 3.05) is 39.3 Å². The molecule has 0 aliphatic carbocycles. The minimum atomic E-state index is -2.22. The smallest absolute Gasteiger partial charge is 0.315 e. The molecule has 5 aromatic carbocycles. The van der Waals surface area contributed by atoms with E-state index in [1.54, 1.807) is 24.3 Å². The maximum Gasteiger partial charge on any atom is 0.315 e. The number of pyridine rings is 2. The maximum atomic E-state index is 13.4. The molecular formula is C63H84N8O8Si2. The van der Waals surface area contributed by atoms with Gasteiger partial charge in [-0.25, -0.2) is 4.79 Å². The molecule has 1 fully saturated rings. The lowest BCUT2D eigenvalue weighted by molar-refractivity contribution is -0.123. The molecule has 8 rings (SSSR count). The summed E-state index contributed by atoms with van der Waals surface area (Å²) in [5.74, 6) is -0.299. The van der Waals surface area contributed by atoms with Crippen LogP contribution >= 0.6 is 0 Å². The van der Waals surface area contributed by atoms with Crippen molar-refractivity contribution in [3.8, 4) is 11.5 Å². The number of nitrogens with zero attached hydrogens (tertiary/aromatic N) is 1. The Morgan fingerprint density at radius 1 is 0.667 bits per heavy atom. The molecule has 11 N–H and O–H groups in total. The molecule has 81 heavy (non-hydrogen) atoms. The lowest BCUT2D eigenvalue weighted by Crippen LogP contribution is -2.49. The first-order valence-corrected chi connectivity index (χ1v) is 33.8. The predicted octanol–water partition coefficient (Wildman–Crippen LogP) is 9.93. The highest BCUT2D eigenvalue weighted by atomic mass is 28.4. The predicted molar refractivity (Wildman–Crippen MR) is 329 cm³/mol. The fourth-order valence-corrected chi connectivity index (χ4v) is 12.8. The number of benzene rings is 5. The van der Waals surface area contributed by atoms with Gasteiger partial charge in [0.1, 0.15) is 16.9 Å². The number of aromatic hydroxyl groups is 2. The van der Waals surface area contributed by atoms with E-state index in [9.17, 15) is 29.4 Å². The second-order valence-electron chi connectivity index (χ2n) is 24.3. The monoisotopic (exact) mass is 1140 g/mol. The number of aromatic nitrogens is 2. The van der Waals surface area contributed by atoms with Crippen molar-refractivity contribution in [1.29, 1.82) is 0 Å². The molecule has 3 amide bonds. The molecule has 7 aromatic rings. The van der Waals surface area contributed by atoms with Crippen LogP contribution in [-0.4, -0.2) is 92.9 Å². The summed E-state index contributed by atoms with van der Waals surface area (Å²) in [7, 11) is -4.22. The molecule has 16 nitrogen and oxygen atoms in total. The summed E-state index contributed by atoms with van der Waals surface area (Å²) in [5, 5.41) is 31.7. The number of fused-ring (bicyclic) bond motifs is 2. The number of carbonyl (C=O) groups is 2. The van der Waals surface area contributed by atoms with Gasteiger partial charge in [0.25, 0.3) is 0 Å². The number of nitrogens with one attached hydrogen (secondary N) is 5. The van der Waals surface area contributed by atoms with Gasteiger partial charge in [0.2, 0.25) is 17.0 Å². The number of phenols is 2. The number of aromatic amines is 2. The number of likely N-dealkylation sites (tertiary alicyclic amines) is 1. The highest BCUT2D eigenvalue weighted by molar-refractivity contribution is 6.74. The Kier molecular flexibility index (Phi) is 19.7. The molecule has 432 valence electrons. The van der Waals surface area contributed by atoms with Gasteiger partial charge in [0, 0.05) is 68.7 Å². The Morgan fingerprint density at radius 3 is 1.65 bits per heavy atom. The van der Waals surface area contributed by atoms with Crippen molar-refractivity contribution in [2.45, 2.75) is 115 Å². The molecule has 18 heteroatoms. The Morgan fingerprint density at radius 2 is 1.16 bits per heavy atom. The third-order valence-corrected chi connectivity index (χ3v) is 25.7. The molecular weight excluding hydrogens is 1050 g/mol. The fourth-order valence-electron chi connectivity index (χ4n) is 10.3. The van der Waals surface area contributed by atoms with E-state index >= 15 is 0 Å². The van der Waals surface area contributed by atoms with Crippen LogP contribution in [0, 0.1) is 5.92 Å². The van der Waals surface area contributed by atoms with Crippen LogP contribution < -0.4 is 38.5 Å². The highest BCUT2D eigenvalue weighted by Crippen LogP contribution is 2.45. The molecule has 2 aromatic heterocycles. The average Bonchev–Trinajstić information content (AvgIpc) is 3.91. The summed E-state index contributed by atoms with van der Waals surface area (Å²) in [4.78, 5) is 57.7. The topological polar surface area (TPSA) is 250 Å². The van der Waals surface area contributed by atoms with Crippen molar-refractivity contribution < 1.29 is 28.7 Å². The van der Waals surface area contributed by atoms with Gasteiger partial charge in [0.15, 0.2) is 16.6 Å². The normalized spacial score (nSPS) is 15.2. The number of rotatable bonds is 20. The summed E-state index contributed by atoms with van der Waals surface area (Å²) < 4.78 is 13.4. The van der Waals surface area contributed by atoms with E-state index in [0.717, 1.165) is 57.1 Å². The zero-order valence-corrected chi connectivity index (χ0v) is 50.7. The van der Waals surface area contributed by atoms with Gasteiger partial charge in [-0.1, -0.05) is 139 Å². The molecule has 0 radical (unpaired) electrons. The Labute approximate surface area is 478 Å². The lowest BCUT2D eigenvalue weighted by Gasteiger charge is -2.39. The molecule has 1 aliphatic rings. The van der Waals surface area contributed by atoms with E-state index in [2.05, 4.69) is 105 Å². The van der Waals surface area contributed by atoms with E-state index in [1.807, 2.05) is 91.0 Å². The molecule has 1 aliphatic heterocycles. The van der Waals surface area contributed by atoms with Gasteiger partial charge in [-0.05, 0) is 113 Å². The summed E-state index contributed by atoms with van der Waals surface area (Å²) in [5.41, 5.74) is 17.2. The van der Waals surface area contributed by atoms with E-state index in [-0.39, 0.29) is 62.8 Å². The largest absolute Gasteiger partial charge is 0.506 e. The fraction of sp³-hybridized carbons (Fsp3) is 0.397. The Balaban J connectivity index is 0.000000343. The number of hydrogen-bond donors (Lipinski definition) is 9. The number of hydrogen-bond acceptors (Lipinski definition) is 11. The zero-order chi connectivity index (χ0) is 58.9. The highest BCUT2D eigenvalue weighted by Gasteiger charge is 2.49. The summed E-state index contributed by atoms with van der Waals surface area (Å²) in [6.07, 6.45) is 0.211. The first kappa shape index (κ1) is 61.7. The van der Waals surface area contributed by atoms with Crippen molar-refractivity contribution in [3.63, 3.8) is 0 Å². The first-order chi connectivity index (χ1) is 38.2. The minimum absolute atomic E-state index is 0.0134. The third kappa shape index (κ3) is 14.6. The number of carbonyl (C=O) groups excluding carboxylic acids is 2. The van der Waals surface area contributed by atoms with Crippen LogP contribution in [0.4, 0.5) is 4.79 Å². The van der Waals surface area contributed by atoms with Gasteiger partial charge in [0.05, 0.1) is 23.2 Å². The van der Waals surface area contributed by atoms with Gasteiger partial charge in [-0.3, -0.25) is 14.4 Å². The van der Waals surface area contributed by atoms with Crippen LogP contribution in [0.3, 0.4) is 0 Å². The Hall–Kier alpha value is -6.91. The van der Waals surface area contributed by atoms with Crippen LogP contribution in [0.15, 0.2) is 143 Å². The third-order valence-electron chi connectivity index (χ3n) is 16.8. The van der Waals surface area contributed by atoms with E-state index in [1.165, 1.54) is 12.1 Å². The van der Waals surface area contributed by atoms with Crippen molar-refractivity contribution in [1.82, 2.24) is 30.8 Å². The molecule has 2 unspecified atom stereocenters. The van der Waals surface area contributed by atoms with Crippen LogP contribution in [-0.2, 0) is 32.2 Å². The van der Waals surface area contributed by atoms with Gasteiger partial charge in [-0.15, -0.1) is 0 Å². The standard InChI is InChI=1S/C46H58N6O5Si.C17H26N2O3Si/c1-45(2,3)58(4,5)57-40(37-19-21-39(53)42-38(37)20-22-41(54)51-42)30-48-28-32-13-12-14-33(27-32)29-50-44(56)49-24-26-52-25-23-36(31-52)46(43(47)55,34-15-8-6-9-16-34)35-17-10-7-11-18-35;1-17(2,3)23(4,5)22-14(10-18)11-6-8-13(20)16-12(11)7-9-15(21)19-16/h6-22,27,36,40,48,53H,23-26,28-31H2,1-5H3,(H2,47,55)(H,51,54)(H2,49,50,56);6-9,14,20H,10,18H2,1-5H3,(H,19,21)/t;14-/m.0/s1. The van der Waals surface area contributed by atoms with E-state index < -0.39 is 22.0 Å². The van der Waals surface area contributed by atoms with Crippen LogP contribution in [0.2, 0.25) is 36.3 Å². The van der Waals surface area contributed by atoms with Gasteiger partial charge in [-0.2, -0.15) is 0 Å². The zero-order valence-electron chi connectivity index (χ0n) is 48.7. The maximum absolute atomic E-state index is 13.4. The number of primary amides is 1. The van der Waals surface area contributed by atoms with Gasteiger partial charge < -0.3 is 61.4 Å². The number of nitrogens with two attached hydrogens (primary N) is 2. The summed E-state index contributed by atoms with van der Waals surface area (Å²) >= 11 is 0. The van der Waals surface area contributed by atoms with Gasteiger partial charge >= 0.3 is 6.03 Å². The minimum Gasteiger partial charge on any atom is -0.506 e. The number of urea groups is 1. The molecule has 3 atom stereocenters. The summed E-state index contributed by atoms with van der Waals surface area (Å²) in [6, 6.07) is 40.8. The van der Waals surface area contributed by atoms with Crippen molar-refractivity contribution in [2.24, 2.45) is 17.4 Å². The second kappa shape index (κ2) is 25.9. The second-order valence-corrected chi connectivity index (χ2v) is 33.8. The quantitative estimate of drug-likeness (QED) is 0.0325. The first-order valence-electron chi connectivity index (χ1n) is 27.9. The van der Waals surface area contributed by atoms with E-state index in [4.69, 9.17) is 20.3 Å². The lowest BCUT2D eigenvalue weighted by atomic mass is 9.64. The number of amides is 3. The SMILES string of the molecule is CC(C)(C)[Si](C)(C)OC(CNCc1cccc(CNC(=O)NCCN2CCC(C(C(N)=O)(c3ccccc3)c3ccccc3)C2)c1)c1ccc(O)c2[nH]c(=O)ccc12.CC(C)(C)[Si](C)(C)O[C@@H](CN)c1ccc(O)c2[nH]c(=O)ccc12. The van der Waals surface area contributed by atoms with E-state index in [0.29, 0.717) is 56.8 Å². The number of H-pyrrole nitrogens is 2. The average molecular weight is 1140 g/mol. The molecule has 1 saturated heterocycles. The molecule has 0 saturated carbocycles. The van der Waals surface area contributed by atoms with Crippen molar-refractivity contribution >= 4 is 50.4 Å². The molecule has 0 spiro atoms. The van der Waals surface area contributed by atoms with Crippen LogP contribution in [0.1, 0.15) is 93.6 Å². The number of phenolic OH excluding ortho intramolecular Hbond substituents is 2. The van der Waals surface area contributed by atoms with Crippen molar-refractivity contribution in [3.05, 3.63) is 188 Å². The summed E-state index contributed by atoms with van der Waals surface area (Å²) in [6.45, 7) is 26.3. The van der Waals surface area contributed by atoms with Crippen LogP contribution in [0.25, 0.3) is 21.8 Å². The van der Waals surface area contributed by atoms with Crippen LogP contribution in [0.5, 0.6) is 11.5 Å². The Bertz CT molecular complexity index is 3360. The molecule has 3 heterocycles. The molecule has 0 bridgehead atoms.